The molecule has 2 aromatic rings. The summed E-state index contributed by atoms with van der Waals surface area (Å²) in [5.41, 5.74) is 8.64. The molecule has 19 heavy (non-hydrogen) atoms. The molecule has 2 N–H and O–H groups in total. The monoisotopic (exact) mass is 325 g/mol. The standard InChI is InChI=1S/C15H14BrF2N/c1-8-5-9(2)7-10(6-8)15(19)13-12(17)4-3-11(16)14(13)18/h3-7,15H,19H2,1-2H3. The van der Waals surface area contributed by atoms with Gasteiger partial charge >= 0.3 is 0 Å². The minimum atomic E-state index is -0.823. The lowest BCUT2D eigenvalue weighted by atomic mass is 9.95. The first-order chi connectivity index (χ1) is 8.90. The van der Waals surface area contributed by atoms with Gasteiger partial charge in [-0.05, 0) is 47.5 Å². The van der Waals surface area contributed by atoms with Crippen molar-refractivity contribution in [1.29, 1.82) is 0 Å². The highest BCUT2D eigenvalue weighted by Gasteiger charge is 2.20. The fourth-order valence-electron chi connectivity index (χ4n) is 2.18. The van der Waals surface area contributed by atoms with E-state index in [9.17, 15) is 8.78 Å². The van der Waals surface area contributed by atoms with Crippen molar-refractivity contribution in [2.45, 2.75) is 19.9 Å². The van der Waals surface area contributed by atoms with Gasteiger partial charge in [-0.1, -0.05) is 29.3 Å². The molecule has 0 bridgehead atoms. The average Bonchev–Trinajstić information content (AvgIpc) is 2.33. The van der Waals surface area contributed by atoms with E-state index in [1.54, 1.807) is 0 Å². The summed E-state index contributed by atoms with van der Waals surface area (Å²) < 4.78 is 28.1. The maximum Gasteiger partial charge on any atom is 0.145 e. The van der Waals surface area contributed by atoms with E-state index >= 15 is 0 Å². The van der Waals surface area contributed by atoms with Crippen molar-refractivity contribution in [3.8, 4) is 0 Å². The van der Waals surface area contributed by atoms with Gasteiger partial charge in [-0.2, -0.15) is 0 Å². The zero-order chi connectivity index (χ0) is 14.2. The molecule has 0 aromatic heterocycles. The Morgan fingerprint density at radius 2 is 1.63 bits per heavy atom. The average molecular weight is 326 g/mol. The van der Waals surface area contributed by atoms with E-state index in [-0.39, 0.29) is 10.0 Å². The zero-order valence-electron chi connectivity index (χ0n) is 10.7. The van der Waals surface area contributed by atoms with Gasteiger partial charge in [0.2, 0.25) is 0 Å². The molecule has 1 nitrogen and oxygen atoms in total. The summed E-state index contributed by atoms with van der Waals surface area (Å²) in [6.45, 7) is 3.85. The first kappa shape index (κ1) is 14.2. The second kappa shape index (κ2) is 5.39. The number of aryl methyl sites for hydroxylation is 2. The van der Waals surface area contributed by atoms with Crippen molar-refractivity contribution in [2.24, 2.45) is 5.73 Å². The second-order valence-corrected chi connectivity index (χ2v) is 5.51. The van der Waals surface area contributed by atoms with Gasteiger partial charge in [-0.25, -0.2) is 8.78 Å². The van der Waals surface area contributed by atoms with E-state index in [0.717, 1.165) is 11.1 Å². The molecule has 0 spiro atoms. The quantitative estimate of drug-likeness (QED) is 0.814. The third-order valence-corrected chi connectivity index (χ3v) is 3.61. The molecule has 0 fully saturated rings. The Morgan fingerprint density at radius 1 is 1.05 bits per heavy atom. The van der Waals surface area contributed by atoms with Crippen LogP contribution in [-0.2, 0) is 0 Å². The van der Waals surface area contributed by atoms with Crippen LogP contribution in [0, 0.1) is 25.5 Å². The number of halogens is 3. The fourth-order valence-corrected chi connectivity index (χ4v) is 2.53. The Bertz CT molecular complexity index is 606. The molecule has 0 heterocycles. The van der Waals surface area contributed by atoms with Crippen molar-refractivity contribution < 1.29 is 8.78 Å². The molecular weight excluding hydrogens is 312 g/mol. The van der Waals surface area contributed by atoms with Gasteiger partial charge in [0.1, 0.15) is 11.6 Å². The van der Waals surface area contributed by atoms with Gasteiger partial charge in [0.05, 0.1) is 10.5 Å². The van der Waals surface area contributed by atoms with Gasteiger partial charge < -0.3 is 5.73 Å². The molecule has 2 aromatic carbocycles. The van der Waals surface area contributed by atoms with E-state index in [2.05, 4.69) is 15.9 Å². The van der Waals surface area contributed by atoms with E-state index in [4.69, 9.17) is 5.73 Å². The van der Waals surface area contributed by atoms with E-state index in [0.29, 0.717) is 5.56 Å². The lowest BCUT2D eigenvalue weighted by Crippen LogP contribution is -2.16. The third kappa shape index (κ3) is 2.85. The molecule has 100 valence electrons. The van der Waals surface area contributed by atoms with E-state index in [1.165, 1.54) is 12.1 Å². The van der Waals surface area contributed by atoms with E-state index < -0.39 is 17.7 Å². The van der Waals surface area contributed by atoms with Gasteiger partial charge in [-0.15, -0.1) is 0 Å². The van der Waals surface area contributed by atoms with Crippen LogP contribution in [0.1, 0.15) is 28.3 Å². The summed E-state index contributed by atoms with van der Waals surface area (Å²) in [4.78, 5) is 0. The van der Waals surface area contributed by atoms with Crippen molar-refractivity contribution in [2.75, 3.05) is 0 Å². The van der Waals surface area contributed by atoms with Crippen LogP contribution < -0.4 is 5.73 Å². The highest BCUT2D eigenvalue weighted by Crippen LogP contribution is 2.30. The third-order valence-electron chi connectivity index (χ3n) is 2.99. The van der Waals surface area contributed by atoms with Crippen molar-refractivity contribution in [3.05, 3.63) is 68.7 Å². The topological polar surface area (TPSA) is 26.0 Å². The molecule has 0 saturated carbocycles. The van der Waals surface area contributed by atoms with Gasteiger partial charge in [0.25, 0.3) is 0 Å². The minimum Gasteiger partial charge on any atom is -0.320 e. The van der Waals surface area contributed by atoms with Gasteiger partial charge in [0, 0.05) is 5.56 Å². The predicted molar refractivity (Wildman–Crippen MR) is 76.0 cm³/mol. The molecule has 0 aliphatic heterocycles. The van der Waals surface area contributed by atoms with Crippen LogP contribution in [0.4, 0.5) is 8.78 Å². The SMILES string of the molecule is Cc1cc(C)cc(C(N)c2c(F)ccc(Br)c2F)c1. The molecule has 0 aliphatic carbocycles. The van der Waals surface area contributed by atoms with Crippen LogP contribution in [0.5, 0.6) is 0 Å². The van der Waals surface area contributed by atoms with Crippen LogP contribution in [0.2, 0.25) is 0 Å². The molecule has 0 aliphatic rings. The van der Waals surface area contributed by atoms with Crippen LogP contribution in [-0.4, -0.2) is 0 Å². The predicted octanol–water partition coefficient (Wildman–Crippen LogP) is 4.39. The van der Waals surface area contributed by atoms with Gasteiger partial charge in [0.15, 0.2) is 0 Å². The van der Waals surface area contributed by atoms with Crippen molar-refractivity contribution >= 4 is 15.9 Å². The first-order valence-corrected chi connectivity index (χ1v) is 6.66. The molecule has 0 amide bonds. The number of benzene rings is 2. The highest BCUT2D eigenvalue weighted by atomic mass is 79.9. The molecule has 2 rings (SSSR count). The molecule has 1 unspecified atom stereocenters. The maximum absolute atomic E-state index is 14.0. The maximum atomic E-state index is 14.0. The lowest BCUT2D eigenvalue weighted by molar-refractivity contribution is 0.539. The number of hydrogen-bond donors (Lipinski definition) is 1. The van der Waals surface area contributed by atoms with Gasteiger partial charge in [-0.3, -0.25) is 0 Å². The zero-order valence-corrected chi connectivity index (χ0v) is 12.3. The first-order valence-electron chi connectivity index (χ1n) is 5.87. The summed E-state index contributed by atoms with van der Waals surface area (Å²) in [5, 5.41) is 0. The fraction of sp³-hybridized carbons (Fsp3) is 0.200. The Balaban J connectivity index is 2.55. The van der Waals surface area contributed by atoms with Crippen LogP contribution in [0.15, 0.2) is 34.8 Å². The van der Waals surface area contributed by atoms with Crippen LogP contribution in [0.3, 0.4) is 0 Å². The number of hydrogen-bond acceptors (Lipinski definition) is 1. The molecule has 0 saturated heterocycles. The van der Waals surface area contributed by atoms with Crippen molar-refractivity contribution in [1.82, 2.24) is 0 Å². The Kier molecular flexibility index (Phi) is 4.02. The highest BCUT2D eigenvalue weighted by molar-refractivity contribution is 9.10. The minimum absolute atomic E-state index is 0.112. The number of nitrogens with two attached hydrogens (primary N) is 1. The van der Waals surface area contributed by atoms with Crippen LogP contribution >= 0.6 is 15.9 Å². The molecule has 0 radical (unpaired) electrons. The normalized spacial score (nSPS) is 12.5. The second-order valence-electron chi connectivity index (χ2n) is 4.66. The Hall–Kier alpha value is -1.26. The summed E-state index contributed by atoms with van der Waals surface area (Å²) >= 11 is 3.05. The van der Waals surface area contributed by atoms with Crippen molar-refractivity contribution in [3.63, 3.8) is 0 Å². The van der Waals surface area contributed by atoms with E-state index in [1.807, 2.05) is 32.0 Å². The summed E-state index contributed by atoms with van der Waals surface area (Å²) in [6, 6.07) is 7.41. The summed E-state index contributed by atoms with van der Waals surface area (Å²) in [5.74, 6) is -1.28. The Labute approximate surface area is 119 Å². The van der Waals surface area contributed by atoms with Crippen LogP contribution in [0.25, 0.3) is 0 Å². The summed E-state index contributed by atoms with van der Waals surface area (Å²) in [6.07, 6.45) is 0. The summed E-state index contributed by atoms with van der Waals surface area (Å²) in [7, 11) is 0. The smallest absolute Gasteiger partial charge is 0.145 e. The Morgan fingerprint density at radius 3 is 2.21 bits per heavy atom. The molecular formula is C15H14BrF2N. The number of rotatable bonds is 2. The molecule has 1 atom stereocenters. The molecule has 4 heteroatoms. The largest absolute Gasteiger partial charge is 0.320 e. The lowest BCUT2D eigenvalue weighted by Gasteiger charge is -2.16.